The van der Waals surface area contributed by atoms with Crippen LogP contribution in [0.1, 0.15) is 12.5 Å². The monoisotopic (exact) mass is 229 g/mol. The van der Waals surface area contributed by atoms with Crippen LogP contribution in [0.3, 0.4) is 0 Å². The fraction of sp³-hybridized carbons (Fsp3) is 0.200. The summed E-state index contributed by atoms with van der Waals surface area (Å²) >= 11 is 0. The van der Waals surface area contributed by atoms with Crippen molar-refractivity contribution >= 4 is 5.69 Å². The van der Waals surface area contributed by atoms with E-state index in [4.69, 9.17) is 5.11 Å². The molecule has 0 bridgehead atoms. The Morgan fingerprint density at radius 1 is 1.00 bits per heavy atom. The normalized spacial score (nSPS) is 9.06. The highest BCUT2D eigenvalue weighted by molar-refractivity contribution is 5.45. The number of anilines is 1. The summed E-state index contributed by atoms with van der Waals surface area (Å²) in [5, 5.41) is 11.9. The van der Waals surface area contributed by atoms with Gasteiger partial charge in [0.15, 0.2) is 0 Å². The third-order valence-electron chi connectivity index (χ3n) is 2.16. The maximum atomic E-state index is 8.63. The number of benzene rings is 2. The highest BCUT2D eigenvalue weighted by atomic mass is 16.3. The number of aryl methyl sites for hydroxylation is 1. The van der Waals surface area contributed by atoms with Crippen molar-refractivity contribution in [1.82, 2.24) is 0 Å². The van der Waals surface area contributed by atoms with Gasteiger partial charge in [0.1, 0.15) is 5.75 Å². The zero-order valence-corrected chi connectivity index (χ0v) is 10.4. The largest absolute Gasteiger partial charge is 0.508 e. The van der Waals surface area contributed by atoms with E-state index in [1.807, 2.05) is 6.07 Å². The predicted molar refractivity (Wildman–Crippen MR) is 73.4 cm³/mol. The molecule has 2 rings (SSSR count). The van der Waals surface area contributed by atoms with Crippen molar-refractivity contribution in [2.24, 2.45) is 0 Å². The van der Waals surface area contributed by atoms with Crippen LogP contribution in [0, 0.1) is 6.92 Å². The molecule has 17 heavy (non-hydrogen) atoms. The van der Waals surface area contributed by atoms with Gasteiger partial charge in [0.25, 0.3) is 0 Å². The Balaban J connectivity index is 0.000000181. The van der Waals surface area contributed by atoms with E-state index in [1.165, 1.54) is 11.3 Å². The van der Waals surface area contributed by atoms with Crippen molar-refractivity contribution < 1.29 is 5.11 Å². The van der Waals surface area contributed by atoms with Crippen LogP contribution >= 0.6 is 0 Å². The van der Waals surface area contributed by atoms with E-state index in [-0.39, 0.29) is 0 Å². The van der Waals surface area contributed by atoms with Gasteiger partial charge < -0.3 is 10.4 Å². The molecule has 2 aromatic rings. The second-order valence-electron chi connectivity index (χ2n) is 3.74. The Labute approximate surface area is 103 Å². The lowest BCUT2D eigenvalue weighted by atomic mass is 10.2. The number of hydrogen-bond acceptors (Lipinski definition) is 2. The molecule has 2 heteroatoms. The molecular formula is C15H19NO. The molecule has 0 aliphatic heterocycles. The second kappa shape index (κ2) is 7.34. The van der Waals surface area contributed by atoms with E-state index in [9.17, 15) is 0 Å². The molecule has 0 aliphatic rings. The van der Waals surface area contributed by atoms with E-state index in [2.05, 4.69) is 43.4 Å². The summed E-state index contributed by atoms with van der Waals surface area (Å²) < 4.78 is 0. The minimum absolute atomic E-state index is 0.322. The molecule has 0 aliphatic carbocycles. The first-order valence-corrected chi connectivity index (χ1v) is 5.77. The molecule has 0 fully saturated rings. The lowest BCUT2D eigenvalue weighted by molar-refractivity contribution is 0.475. The highest BCUT2D eigenvalue weighted by Gasteiger charge is 1.87. The Morgan fingerprint density at radius 2 is 1.71 bits per heavy atom. The Bertz CT molecular complexity index is 426. The lowest BCUT2D eigenvalue weighted by Gasteiger charge is -2.02. The first-order valence-electron chi connectivity index (χ1n) is 5.77. The minimum Gasteiger partial charge on any atom is -0.508 e. The van der Waals surface area contributed by atoms with Gasteiger partial charge in [-0.2, -0.15) is 0 Å². The summed E-state index contributed by atoms with van der Waals surface area (Å²) in [5.41, 5.74) is 2.51. The van der Waals surface area contributed by atoms with Crippen LogP contribution in [0.25, 0.3) is 0 Å². The van der Waals surface area contributed by atoms with E-state index in [0.29, 0.717) is 5.75 Å². The zero-order chi connectivity index (χ0) is 12.5. The topological polar surface area (TPSA) is 32.3 Å². The summed E-state index contributed by atoms with van der Waals surface area (Å²) in [6.45, 7) is 5.19. The predicted octanol–water partition coefficient (Wildman–Crippen LogP) is 3.82. The molecule has 0 aromatic heterocycles. The van der Waals surface area contributed by atoms with Gasteiger partial charge in [0.2, 0.25) is 0 Å². The molecule has 0 unspecified atom stereocenters. The van der Waals surface area contributed by atoms with Crippen LogP contribution in [0.15, 0.2) is 54.6 Å². The molecule has 90 valence electrons. The molecule has 0 radical (unpaired) electrons. The zero-order valence-electron chi connectivity index (χ0n) is 10.4. The summed E-state index contributed by atoms with van der Waals surface area (Å²) in [7, 11) is 0. The van der Waals surface area contributed by atoms with E-state index in [0.717, 1.165) is 6.54 Å². The average Bonchev–Trinajstić information content (AvgIpc) is 2.31. The fourth-order valence-corrected chi connectivity index (χ4v) is 1.39. The molecule has 0 amide bonds. The van der Waals surface area contributed by atoms with Gasteiger partial charge >= 0.3 is 0 Å². The molecule has 0 spiro atoms. The van der Waals surface area contributed by atoms with E-state index >= 15 is 0 Å². The molecule has 2 aromatic carbocycles. The van der Waals surface area contributed by atoms with Crippen LogP contribution in [0.5, 0.6) is 5.75 Å². The maximum Gasteiger partial charge on any atom is 0.115 e. The van der Waals surface area contributed by atoms with Crippen molar-refractivity contribution in [3.05, 3.63) is 60.2 Å². The second-order valence-corrected chi connectivity index (χ2v) is 3.74. The molecule has 0 saturated carbocycles. The third kappa shape index (κ3) is 5.61. The van der Waals surface area contributed by atoms with Crippen LogP contribution < -0.4 is 5.32 Å². The number of hydrogen-bond donors (Lipinski definition) is 2. The fourth-order valence-electron chi connectivity index (χ4n) is 1.39. The lowest BCUT2D eigenvalue weighted by Crippen LogP contribution is -1.95. The molecular weight excluding hydrogens is 210 g/mol. The van der Waals surface area contributed by atoms with Gasteiger partial charge in [0, 0.05) is 12.2 Å². The minimum atomic E-state index is 0.322. The van der Waals surface area contributed by atoms with Crippen molar-refractivity contribution in [2.45, 2.75) is 13.8 Å². The Morgan fingerprint density at radius 3 is 2.18 bits per heavy atom. The van der Waals surface area contributed by atoms with Gasteiger partial charge in [-0.15, -0.1) is 0 Å². The van der Waals surface area contributed by atoms with Crippen molar-refractivity contribution in [3.8, 4) is 5.75 Å². The summed E-state index contributed by atoms with van der Waals surface area (Å²) in [5.74, 6) is 0.322. The summed E-state index contributed by atoms with van der Waals surface area (Å²) in [6, 6.07) is 17.1. The summed E-state index contributed by atoms with van der Waals surface area (Å²) in [4.78, 5) is 0. The molecule has 0 heterocycles. The van der Waals surface area contributed by atoms with Gasteiger partial charge in [-0.25, -0.2) is 0 Å². The molecule has 2 N–H and O–H groups in total. The van der Waals surface area contributed by atoms with Crippen LogP contribution in [-0.4, -0.2) is 11.7 Å². The standard InChI is InChI=1S/C9H13N.C6H6O/c1-3-10-9-6-4-5-8(2)7-9;7-6-4-2-1-3-5-6/h4-7,10H,3H2,1-2H3;1-5,7H. The van der Waals surface area contributed by atoms with Crippen LogP contribution in [-0.2, 0) is 0 Å². The first kappa shape index (κ1) is 13.1. The van der Waals surface area contributed by atoms with Gasteiger partial charge in [-0.1, -0.05) is 30.3 Å². The molecule has 0 saturated heterocycles. The van der Waals surface area contributed by atoms with E-state index in [1.54, 1.807) is 24.3 Å². The number of rotatable bonds is 2. The Kier molecular flexibility index (Phi) is 5.66. The molecule has 0 atom stereocenters. The molecule has 2 nitrogen and oxygen atoms in total. The first-order chi connectivity index (χ1) is 8.22. The average molecular weight is 229 g/mol. The van der Waals surface area contributed by atoms with E-state index < -0.39 is 0 Å². The third-order valence-corrected chi connectivity index (χ3v) is 2.16. The van der Waals surface area contributed by atoms with Gasteiger partial charge in [0.05, 0.1) is 0 Å². The van der Waals surface area contributed by atoms with Gasteiger partial charge in [-0.05, 0) is 43.7 Å². The summed E-state index contributed by atoms with van der Waals surface area (Å²) in [6.07, 6.45) is 0. The van der Waals surface area contributed by atoms with Crippen molar-refractivity contribution in [1.29, 1.82) is 0 Å². The van der Waals surface area contributed by atoms with Crippen LogP contribution in [0.2, 0.25) is 0 Å². The van der Waals surface area contributed by atoms with Crippen LogP contribution in [0.4, 0.5) is 5.69 Å². The number of phenolic OH excluding ortho intramolecular Hbond substituents is 1. The highest BCUT2D eigenvalue weighted by Crippen LogP contribution is 2.08. The van der Waals surface area contributed by atoms with Crippen molar-refractivity contribution in [3.63, 3.8) is 0 Å². The number of phenols is 1. The quantitative estimate of drug-likeness (QED) is 0.820. The maximum absolute atomic E-state index is 8.63. The smallest absolute Gasteiger partial charge is 0.115 e. The SMILES string of the molecule is CCNc1cccc(C)c1.Oc1ccccc1. The number of aromatic hydroxyl groups is 1. The van der Waals surface area contributed by atoms with Crippen molar-refractivity contribution in [2.75, 3.05) is 11.9 Å². The number of nitrogens with one attached hydrogen (secondary N) is 1. The van der Waals surface area contributed by atoms with Gasteiger partial charge in [-0.3, -0.25) is 0 Å². The number of para-hydroxylation sites is 1. The Hall–Kier alpha value is -1.96.